The van der Waals surface area contributed by atoms with Gasteiger partial charge in [-0.25, -0.2) is 0 Å². The first-order valence-corrected chi connectivity index (χ1v) is 10.3. The number of H-pyrrole nitrogens is 1. The van der Waals surface area contributed by atoms with Crippen LogP contribution in [-0.4, -0.2) is 35.1 Å². The van der Waals surface area contributed by atoms with Crippen molar-refractivity contribution in [1.82, 2.24) is 15.6 Å². The third kappa shape index (κ3) is 5.39. The van der Waals surface area contributed by atoms with Crippen LogP contribution in [-0.2, 0) is 16.0 Å². The smallest absolute Gasteiger partial charge is 0.242 e. The average Bonchev–Trinajstić information content (AvgIpc) is 3.08. The molecule has 3 N–H and O–H groups in total. The van der Waals surface area contributed by atoms with Crippen LogP contribution in [0.25, 0.3) is 10.9 Å². The molecule has 0 fully saturated rings. The van der Waals surface area contributed by atoms with E-state index in [1.165, 1.54) is 17.4 Å². The summed E-state index contributed by atoms with van der Waals surface area (Å²) in [6.45, 7) is 4.04. The summed E-state index contributed by atoms with van der Waals surface area (Å²) in [5.74, 6) is 0.397. The molecule has 3 rings (SSSR count). The van der Waals surface area contributed by atoms with E-state index in [2.05, 4.69) is 46.8 Å². The van der Waals surface area contributed by atoms with E-state index in [1.54, 1.807) is 11.8 Å². The van der Waals surface area contributed by atoms with Gasteiger partial charge in [0.2, 0.25) is 11.8 Å². The first kappa shape index (κ1) is 20.0. The number of para-hydroxylation sites is 1. The minimum Gasteiger partial charge on any atom is -0.361 e. The molecule has 1 heterocycles. The molecular formula is C22H25N3O2S. The lowest BCUT2D eigenvalue weighted by atomic mass is 10.0. The van der Waals surface area contributed by atoms with E-state index in [9.17, 15) is 9.59 Å². The zero-order valence-corrected chi connectivity index (χ0v) is 16.9. The second-order valence-electron chi connectivity index (χ2n) is 6.77. The molecule has 1 atom stereocenters. The van der Waals surface area contributed by atoms with Crippen LogP contribution in [0.15, 0.2) is 59.6 Å². The molecule has 5 nitrogen and oxygen atoms in total. The molecule has 0 spiro atoms. The van der Waals surface area contributed by atoms with E-state index in [0.29, 0.717) is 13.0 Å². The third-order valence-corrected chi connectivity index (χ3v) is 5.50. The quantitative estimate of drug-likeness (QED) is 0.404. The van der Waals surface area contributed by atoms with Gasteiger partial charge in [0.25, 0.3) is 0 Å². The monoisotopic (exact) mass is 395 g/mol. The Labute approximate surface area is 169 Å². The Balaban J connectivity index is 1.57. The normalized spacial score (nSPS) is 11.9. The summed E-state index contributed by atoms with van der Waals surface area (Å²) in [5.41, 5.74) is 3.26. The minimum atomic E-state index is -0.596. The topological polar surface area (TPSA) is 74.0 Å². The fraction of sp³-hybridized carbons (Fsp3) is 0.273. The van der Waals surface area contributed by atoms with Crippen molar-refractivity contribution in [1.29, 1.82) is 0 Å². The first-order chi connectivity index (χ1) is 13.5. The van der Waals surface area contributed by atoms with Gasteiger partial charge in [-0.05, 0) is 30.7 Å². The summed E-state index contributed by atoms with van der Waals surface area (Å²) in [5, 5.41) is 6.79. The summed E-state index contributed by atoms with van der Waals surface area (Å²) < 4.78 is 0. The standard InChI is InChI=1S/C22H25N3O2S/c1-15-7-9-18(10-8-15)28-12-11-23-22(27)21(25-16(2)26)13-17-14-24-20-6-4-3-5-19(17)20/h3-10,14,21,24H,11-13H2,1-2H3,(H,23,27)(H,25,26). The molecular weight excluding hydrogens is 370 g/mol. The van der Waals surface area contributed by atoms with Crippen LogP contribution >= 0.6 is 11.8 Å². The first-order valence-electron chi connectivity index (χ1n) is 9.32. The molecule has 2 aromatic carbocycles. The van der Waals surface area contributed by atoms with E-state index in [0.717, 1.165) is 22.2 Å². The minimum absolute atomic E-state index is 0.162. The molecule has 0 aliphatic rings. The number of fused-ring (bicyclic) bond motifs is 1. The summed E-state index contributed by atoms with van der Waals surface area (Å²) in [6.07, 6.45) is 2.35. The van der Waals surface area contributed by atoms with E-state index in [4.69, 9.17) is 0 Å². The summed E-state index contributed by atoms with van der Waals surface area (Å²) >= 11 is 1.70. The highest BCUT2D eigenvalue weighted by Gasteiger charge is 2.21. The number of hydrogen-bond acceptors (Lipinski definition) is 3. The number of nitrogens with one attached hydrogen (secondary N) is 3. The average molecular weight is 396 g/mol. The van der Waals surface area contributed by atoms with Gasteiger partial charge in [-0.2, -0.15) is 0 Å². The Hall–Kier alpha value is -2.73. The fourth-order valence-corrected chi connectivity index (χ4v) is 3.84. The number of thioether (sulfide) groups is 1. The number of rotatable bonds is 8. The van der Waals surface area contributed by atoms with E-state index in [-0.39, 0.29) is 11.8 Å². The Morgan fingerprint density at radius 1 is 1.11 bits per heavy atom. The van der Waals surface area contributed by atoms with Crippen molar-refractivity contribution >= 4 is 34.5 Å². The molecule has 0 bridgehead atoms. The zero-order valence-electron chi connectivity index (χ0n) is 16.1. The highest BCUT2D eigenvalue weighted by atomic mass is 32.2. The van der Waals surface area contributed by atoms with Gasteiger partial charge in [0.15, 0.2) is 0 Å². The molecule has 6 heteroatoms. The number of carbonyl (C=O) groups is 2. The lowest BCUT2D eigenvalue weighted by molar-refractivity contribution is -0.127. The predicted octanol–water partition coefficient (Wildman–Crippen LogP) is 3.43. The van der Waals surface area contributed by atoms with Crippen LogP contribution in [0.4, 0.5) is 0 Å². The number of aryl methyl sites for hydroxylation is 1. The van der Waals surface area contributed by atoms with Gasteiger partial charge in [-0.3, -0.25) is 9.59 Å². The Morgan fingerprint density at radius 2 is 1.86 bits per heavy atom. The molecule has 0 saturated heterocycles. The number of amides is 2. The lowest BCUT2D eigenvalue weighted by Crippen LogP contribution is -2.47. The number of aromatic amines is 1. The highest BCUT2D eigenvalue weighted by Crippen LogP contribution is 2.19. The number of aromatic nitrogens is 1. The predicted molar refractivity (Wildman–Crippen MR) is 115 cm³/mol. The van der Waals surface area contributed by atoms with Crippen LogP contribution in [0, 0.1) is 6.92 Å². The molecule has 0 aliphatic carbocycles. The molecule has 1 aromatic heterocycles. The number of carbonyl (C=O) groups excluding carboxylic acids is 2. The van der Waals surface area contributed by atoms with Crippen molar-refractivity contribution in [3.8, 4) is 0 Å². The van der Waals surface area contributed by atoms with Crippen LogP contribution in [0.3, 0.4) is 0 Å². The van der Waals surface area contributed by atoms with Gasteiger partial charge < -0.3 is 15.6 Å². The largest absolute Gasteiger partial charge is 0.361 e. The third-order valence-electron chi connectivity index (χ3n) is 4.48. The van der Waals surface area contributed by atoms with Crippen molar-refractivity contribution in [2.45, 2.75) is 31.2 Å². The molecule has 3 aromatic rings. The van der Waals surface area contributed by atoms with Crippen molar-refractivity contribution < 1.29 is 9.59 Å². The van der Waals surface area contributed by atoms with E-state index < -0.39 is 6.04 Å². The Morgan fingerprint density at radius 3 is 2.61 bits per heavy atom. The van der Waals surface area contributed by atoms with Crippen molar-refractivity contribution in [2.75, 3.05) is 12.3 Å². The summed E-state index contributed by atoms with van der Waals surface area (Å²) in [6, 6.07) is 15.7. The molecule has 0 aliphatic heterocycles. The lowest BCUT2D eigenvalue weighted by Gasteiger charge is -2.17. The van der Waals surface area contributed by atoms with Crippen LogP contribution in [0.2, 0.25) is 0 Å². The maximum Gasteiger partial charge on any atom is 0.242 e. The number of hydrogen-bond donors (Lipinski definition) is 3. The SMILES string of the molecule is CC(=O)NC(Cc1c[nH]c2ccccc12)C(=O)NCCSc1ccc(C)cc1. The maximum absolute atomic E-state index is 12.7. The molecule has 146 valence electrons. The Kier molecular flexibility index (Phi) is 6.76. The summed E-state index contributed by atoms with van der Waals surface area (Å²) in [4.78, 5) is 28.6. The van der Waals surface area contributed by atoms with Gasteiger partial charge >= 0.3 is 0 Å². The van der Waals surface area contributed by atoms with E-state index in [1.807, 2.05) is 30.5 Å². The Bertz CT molecular complexity index is 950. The fourth-order valence-electron chi connectivity index (χ4n) is 3.08. The highest BCUT2D eigenvalue weighted by molar-refractivity contribution is 7.99. The van der Waals surface area contributed by atoms with Gasteiger partial charge in [0.1, 0.15) is 6.04 Å². The molecule has 1 unspecified atom stereocenters. The van der Waals surface area contributed by atoms with Crippen molar-refractivity contribution in [3.63, 3.8) is 0 Å². The maximum atomic E-state index is 12.7. The molecule has 2 amide bonds. The summed E-state index contributed by atoms with van der Waals surface area (Å²) in [7, 11) is 0. The van der Waals surface area contributed by atoms with Crippen LogP contribution in [0.1, 0.15) is 18.1 Å². The number of benzene rings is 2. The van der Waals surface area contributed by atoms with Gasteiger partial charge in [0, 0.05) is 47.6 Å². The second kappa shape index (κ2) is 9.46. The van der Waals surface area contributed by atoms with Crippen molar-refractivity contribution in [2.24, 2.45) is 0 Å². The van der Waals surface area contributed by atoms with E-state index >= 15 is 0 Å². The molecule has 28 heavy (non-hydrogen) atoms. The second-order valence-corrected chi connectivity index (χ2v) is 7.94. The molecule has 0 saturated carbocycles. The van der Waals surface area contributed by atoms with Gasteiger partial charge in [0.05, 0.1) is 0 Å². The van der Waals surface area contributed by atoms with Crippen LogP contribution < -0.4 is 10.6 Å². The molecule has 0 radical (unpaired) electrons. The van der Waals surface area contributed by atoms with Gasteiger partial charge in [-0.15, -0.1) is 11.8 Å². The zero-order chi connectivity index (χ0) is 19.9. The van der Waals surface area contributed by atoms with Crippen LogP contribution in [0.5, 0.6) is 0 Å². The van der Waals surface area contributed by atoms with Crippen molar-refractivity contribution in [3.05, 3.63) is 65.9 Å². The van der Waals surface area contributed by atoms with Gasteiger partial charge in [-0.1, -0.05) is 35.9 Å².